The van der Waals surface area contributed by atoms with Gasteiger partial charge in [-0.3, -0.25) is 4.98 Å². The molecule has 0 unspecified atom stereocenters. The van der Waals surface area contributed by atoms with Crippen LogP contribution in [0.15, 0.2) is 72.9 Å². The Hall–Kier alpha value is -3.40. The number of rotatable bonds is 6. The number of hydrogen-bond donors (Lipinski definition) is 0. The van der Waals surface area contributed by atoms with Crippen LogP contribution < -0.4 is 4.90 Å². The van der Waals surface area contributed by atoms with Crippen molar-refractivity contribution >= 4 is 33.3 Å². The van der Waals surface area contributed by atoms with Crippen LogP contribution in [0, 0.1) is 0 Å². The molecule has 0 atom stereocenters. The summed E-state index contributed by atoms with van der Waals surface area (Å²) in [5.74, 6) is -0.337. The van der Waals surface area contributed by atoms with Gasteiger partial charge in [-0.05, 0) is 24.8 Å². The molecule has 0 aliphatic carbocycles. The molecule has 0 aliphatic heterocycles. The first-order valence-corrected chi connectivity index (χ1v) is 9.99. The maximum atomic E-state index is 12.8. The van der Waals surface area contributed by atoms with E-state index in [0.717, 1.165) is 33.9 Å². The topological polar surface area (TPSA) is 42.4 Å². The summed E-state index contributed by atoms with van der Waals surface area (Å²) in [5, 5.41) is 3.18. The molecule has 1 heterocycles. The van der Waals surface area contributed by atoms with Crippen LogP contribution in [-0.4, -0.2) is 24.1 Å². The van der Waals surface area contributed by atoms with E-state index in [0.29, 0.717) is 18.7 Å². The van der Waals surface area contributed by atoms with Crippen LogP contribution >= 0.6 is 0 Å². The number of aromatic nitrogens is 1. The molecule has 146 valence electrons. The normalized spacial score (nSPS) is 11.0. The zero-order valence-corrected chi connectivity index (χ0v) is 16.8. The summed E-state index contributed by atoms with van der Waals surface area (Å²) in [7, 11) is 0. The van der Waals surface area contributed by atoms with Gasteiger partial charge in [0.2, 0.25) is 0 Å². The highest BCUT2D eigenvalue weighted by molar-refractivity contribution is 6.13. The smallest absolute Gasteiger partial charge is 0.341 e. The van der Waals surface area contributed by atoms with Crippen molar-refractivity contribution in [2.45, 2.75) is 20.4 Å². The lowest BCUT2D eigenvalue weighted by Crippen LogP contribution is -2.25. The van der Waals surface area contributed by atoms with E-state index in [4.69, 9.17) is 4.74 Å². The lowest BCUT2D eigenvalue weighted by Gasteiger charge is -2.27. The minimum atomic E-state index is -0.337. The van der Waals surface area contributed by atoms with Crippen molar-refractivity contribution in [3.05, 3.63) is 84.1 Å². The molecule has 0 aliphatic rings. The summed E-state index contributed by atoms with van der Waals surface area (Å²) in [6.45, 7) is 5.72. The van der Waals surface area contributed by atoms with Crippen LogP contribution in [-0.2, 0) is 11.3 Å². The second-order valence-electron chi connectivity index (χ2n) is 6.92. The molecule has 0 fully saturated rings. The highest BCUT2D eigenvalue weighted by Crippen LogP contribution is 2.35. The van der Waals surface area contributed by atoms with E-state index in [1.807, 2.05) is 37.3 Å². The first-order chi connectivity index (χ1) is 14.2. The number of hydrogen-bond acceptors (Lipinski definition) is 4. The summed E-state index contributed by atoms with van der Waals surface area (Å²) in [4.78, 5) is 19.6. The van der Waals surface area contributed by atoms with E-state index in [-0.39, 0.29) is 5.97 Å². The molecule has 4 aromatic rings. The Morgan fingerprint density at radius 2 is 1.69 bits per heavy atom. The van der Waals surface area contributed by atoms with Crippen molar-refractivity contribution in [1.29, 1.82) is 0 Å². The maximum Gasteiger partial charge on any atom is 0.341 e. The Morgan fingerprint density at radius 3 is 2.45 bits per heavy atom. The number of benzene rings is 3. The molecule has 3 aromatic carbocycles. The van der Waals surface area contributed by atoms with Crippen LogP contribution in [0.2, 0.25) is 0 Å². The van der Waals surface area contributed by atoms with Gasteiger partial charge in [-0.1, -0.05) is 66.7 Å². The first-order valence-electron chi connectivity index (χ1n) is 9.99. The zero-order chi connectivity index (χ0) is 20.2. The van der Waals surface area contributed by atoms with Crippen molar-refractivity contribution in [2.24, 2.45) is 0 Å². The van der Waals surface area contributed by atoms with Gasteiger partial charge >= 0.3 is 5.97 Å². The largest absolute Gasteiger partial charge is 0.462 e. The van der Waals surface area contributed by atoms with Crippen LogP contribution in [0.4, 0.5) is 5.69 Å². The Kier molecular flexibility index (Phi) is 5.43. The van der Waals surface area contributed by atoms with Gasteiger partial charge in [-0.15, -0.1) is 0 Å². The molecule has 29 heavy (non-hydrogen) atoms. The molecule has 4 rings (SSSR count). The average molecular weight is 384 g/mol. The van der Waals surface area contributed by atoms with Crippen molar-refractivity contribution in [1.82, 2.24) is 4.98 Å². The Morgan fingerprint density at radius 1 is 0.931 bits per heavy atom. The molecule has 1 aromatic heterocycles. The van der Waals surface area contributed by atoms with Gasteiger partial charge < -0.3 is 9.64 Å². The van der Waals surface area contributed by atoms with Crippen LogP contribution in [0.5, 0.6) is 0 Å². The second kappa shape index (κ2) is 8.31. The molecular weight excluding hydrogens is 360 g/mol. The predicted octanol–water partition coefficient (Wildman–Crippen LogP) is 5.59. The van der Waals surface area contributed by atoms with E-state index in [1.165, 1.54) is 5.56 Å². The molecule has 0 amide bonds. The number of esters is 1. The van der Waals surface area contributed by atoms with Crippen LogP contribution in [0.3, 0.4) is 0 Å². The number of carbonyl (C=O) groups excluding carboxylic acids is 1. The summed E-state index contributed by atoms with van der Waals surface area (Å²) < 4.78 is 5.34. The number of anilines is 1. The van der Waals surface area contributed by atoms with Crippen LogP contribution in [0.25, 0.3) is 21.7 Å². The van der Waals surface area contributed by atoms with Gasteiger partial charge in [0.05, 0.1) is 17.8 Å². The fourth-order valence-electron chi connectivity index (χ4n) is 3.77. The van der Waals surface area contributed by atoms with Gasteiger partial charge in [-0.25, -0.2) is 4.79 Å². The van der Waals surface area contributed by atoms with Gasteiger partial charge in [0, 0.05) is 30.1 Å². The lowest BCUT2D eigenvalue weighted by molar-refractivity contribution is 0.0527. The minimum absolute atomic E-state index is 0.332. The van der Waals surface area contributed by atoms with E-state index < -0.39 is 0 Å². The summed E-state index contributed by atoms with van der Waals surface area (Å²) in [5.41, 5.74) is 3.48. The molecule has 0 bridgehead atoms. The van der Waals surface area contributed by atoms with Crippen LogP contribution in [0.1, 0.15) is 29.8 Å². The minimum Gasteiger partial charge on any atom is -0.462 e. The van der Waals surface area contributed by atoms with Gasteiger partial charge in [0.1, 0.15) is 5.56 Å². The Balaban J connectivity index is 1.95. The summed E-state index contributed by atoms with van der Waals surface area (Å²) >= 11 is 0. The third-order valence-electron chi connectivity index (χ3n) is 5.14. The molecule has 4 heteroatoms. The third-order valence-corrected chi connectivity index (χ3v) is 5.14. The summed E-state index contributed by atoms with van der Waals surface area (Å²) in [6, 6.07) is 22.6. The first kappa shape index (κ1) is 18.9. The molecular formula is C25H24N2O2. The van der Waals surface area contributed by atoms with E-state index in [9.17, 15) is 4.79 Å². The Labute approximate surface area is 170 Å². The predicted molar refractivity (Wildman–Crippen MR) is 118 cm³/mol. The standard InChI is InChI=1S/C25H24N2O2/c1-3-27(17-18-10-6-5-7-11-18)24-21-15-14-19-12-8-9-13-20(19)23(21)26-16-22(24)25(28)29-4-2/h5-16H,3-4,17H2,1-2H3. The van der Waals surface area contributed by atoms with E-state index in [1.54, 1.807) is 6.20 Å². The molecule has 0 N–H and O–H groups in total. The monoisotopic (exact) mass is 384 g/mol. The SMILES string of the molecule is CCOC(=O)c1cnc2c(ccc3ccccc32)c1N(CC)Cc1ccccc1. The molecule has 0 saturated carbocycles. The molecule has 0 radical (unpaired) electrons. The van der Waals surface area contributed by atoms with Crippen molar-refractivity contribution in [3.63, 3.8) is 0 Å². The zero-order valence-electron chi connectivity index (χ0n) is 16.8. The number of carbonyl (C=O) groups is 1. The second-order valence-corrected chi connectivity index (χ2v) is 6.92. The van der Waals surface area contributed by atoms with Gasteiger partial charge in [0.15, 0.2) is 0 Å². The molecule has 4 nitrogen and oxygen atoms in total. The van der Waals surface area contributed by atoms with Crippen molar-refractivity contribution in [3.8, 4) is 0 Å². The van der Waals surface area contributed by atoms with Gasteiger partial charge in [-0.2, -0.15) is 0 Å². The van der Waals surface area contributed by atoms with E-state index in [2.05, 4.69) is 53.2 Å². The maximum absolute atomic E-state index is 12.8. The highest BCUT2D eigenvalue weighted by atomic mass is 16.5. The summed E-state index contributed by atoms with van der Waals surface area (Å²) in [6.07, 6.45) is 1.66. The van der Waals surface area contributed by atoms with Gasteiger partial charge in [0.25, 0.3) is 0 Å². The Bertz CT molecular complexity index is 1160. The lowest BCUT2D eigenvalue weighted by atomic mass is 10.0. The van der Waals surface area contributed by atoms with Crippen molar-refractivity contribution in [2.75, 3.05) is 18.1 Å². The number of pyridine rings is 1. The number of nitrogens with zero attached hydrogens (tertiary/aromatic N) is 2. The quantitative estimate of drug-likeness (QED) is 0.321. The third kappa shape index (κ3) is 3.66. The van der Waals surface area contributed by atoms with E-state index >= 15 is 0 Å². The number of ether oxygens (including phenoxy) is 1. The average Bonchev–Trinajstić information content (AvgIpc) is 2.77. The highest BCUT2D eigenvalue weighted by Gasteiger charge is 2.22. The van der Waals surface area contributed by atoms with Crippen molar-refractivity contribution < 1.29 is 9.53 Å². The molecule has 0 saturated heterocycles. The molecule has 0 spiro atoms. The fourth-order valence-corrected chi connectivity index (χ4v) is 3.77. The number of fused-ring (bicyclic) bond motifs is 3. The fraction of sp³-hybridized carbons (Fsp3) is 0.200.